The average Bonchev–Trinajstić information content (AvgIpc) is 2.85. The van der Waals surface area contributed by atoms with Crippen molar-refractivity contribution in [2.24, 2.45) is 10.2 Å². The van der Waals surface area contributed by atoms with Crippen molar-refractivity contribution in [3.8, 4) is 0 Å². The zero-order chi connectivity index (χ0) is 18.2. The summed E-state index contributed by atoms with van der Waals surface area (Å²) in [6, 6.07) is 9.70. The first-order valence-corrected chi connectivity index (χ1v) is 10.0. The molecule has 2 aliphatic rings. The van der Waals surface area contributed by atoms with Gasteiger partial charge in [-0.05, 0) is 31.2 Å². The Kier molecular flexibility index (Phi) is 6.82. The topological polar surface area (TPSA) is 82.9 Å². The van der Waals surface area contributed by atoms with Gasteiger partial charge < -0.3 is 10.6 Å². The summed E-state index contributed by atoms with van der Waals surface area (Å²) in [5, 5.41) is 14.1. The lowest BCUT2D eigenvalue weighted by Crippen LogP contribution is -2.31. The highest BCUT2D eigenvalue weighted by atomic mass is 32.2. The third-order valence-electron chi connectivity index (χ3n) is 4.44. The van der Waals surface area contributed by atoms with Gasteiger partial charge in [0.1, 0.15) is 5.25 Å². The Morgan fingerprint density at radius 3 is 2.58 bits per heavy atom. The first-order chi connectivity index (χ1) is 12.7. The molecule has 1 aliphatic heterocycles. The molecule has 1 saturated carbocycles. The van der Waals surface area contributed by atoms with E-state index in [2.05, 4.69) is 20.8 Å². The molecule has 2 fully saturated rings. The number of rotatable bonds is 5. The number of thioether (sulfide) groups is 1. The van der Waals surface area contributed by atoms with Gasteiger partial charge in [0.15, 0.2) is 5.17 Å². The van der Waals surface area contributed by atoms with Crippen LogP contribution in [0, 0.1) is 0 Å². The van der Waals surface area contributed by atoms with Gasteiger partial charge in [0, 0.05) is 18.7 Å². The Balaban J connectivity index is 1.48. The number of hydrogen-bond acceptors (Lipinski definition) is 5. The Labute approximate surface area is 157 Å². The average molecular weight is 372 g/mol. The van der Waals surface area contributed by atoms with Gasteiger partial charge >= 0.3 is 0 Å². The Hall–Kier alpha value is -2.15. The molecule has 26 heavy (non-hydrogen) atoms. The largest absolute Gasteiger partial charge is 0.352 e. The second-order valence-corrected chi connectivity index (χ2v) is 7.74. The summed E-state index contributed by atoms with van der Waals surface area (Å²) < 4.78 is 0. The van der Waals surface area contributed by atoms with Gasteiger partial charge in [-0.25, -0.2) is 0 Å². The Bertz CT molecular complexity index is 693. The molecule has 0 radical (unpaired) electrons. The smallest absolute Gasteiger partial charge is 0.240 e. The minimum absolute atomic E-state index is 0.138. The molecule has 1 aromatic rings. The fourth-order valence-electron chi connectivity index (χ4n) is 2.98. The summed E-state index contributed by atoms with van der Waals surface area (Å²) >= 11 is 1.28. The summed E-state index contributed by atoms with van der Waals surface area (Å²) in [6.45, 7) is 0.466. The van der Waals surface area contributed by atoms with Crippen LogP contribution >= 0.6 is 11.8 Å². The standard InChI is InChI=1S/C19H24N4O2S/c24-17(20-13-14-8-4-3-5-9-14)12-16-18(25)21-19(26-16)23-22-15-10-6-1-2-7-11-15/h3-5,8-9,16H,1-2,6-7,10-13H2,(H,20,24)(H,21,23,25). The van der Waals surface area contributed by atoms with Gasteiger partial charge in [-0.1, -0.05) is 54.9 Å². The van der Waals surface area contributed by atoms with E-state index in [0.29, 0.717) is 11.7 Å². The van der Waals surface area contributed by atoms with Crippen LogP contribution in [0.5, 0.6) is 0 Å². The van der Waals surface area contributed by atoms with Crippen LogP contribution in [0.15, 0.2) is 40.5 Å². The second kappa shape index (κ2) is 9.52. The highest BCUT2D eigenvalue weighted by Crippen LogP contribution is 2.23. The third-order valence-corrected chi connectivity index (χ3v) is 5.51. The molecule has 7 heteroatoms. The van der Waals surface area contributed by atoms with Crippen LogP contribution in [0.2, 0.25) is 0 Å². The minimum Gasteiger partial charge on any atom is -0.352 e. The molecule has 138 valence electrons. The molecule has 0 spiro atoms. The lowest BCUT2D eigenvalue weighted by atomic mass is 10.2. The summed E-state index contributed by atoms with van der Waals surface area (Å²) in [4.78, 5) is 24.2. The molecule has 1 heterocycles. The molecule has 1 atom stereocenters. The van der Waals surface area contributed by atoms with E-state index in [1.165, 1.54) is 24.6 Å². The molecular weight excluding hydrogens is 348 g/mol. The van der Waals surface area contributed by atoms with E-state index in [9.17, 15) is 9.59 Å². The first-order valence-electron chi connectivity index (χ1n) is 9.12. The fourth-order valence-corrected chi connectivity index (χ4v) is 3.89. The number of carbonyl (C=O) groups is 2. The van der Waals surface area contributed by atoms with Gasteiger partial charge in [-0.2, -0.15) is 5.10 Å². The van der Waals surface area contributed by atoms with Crippen molar-refractivity contribution in [1.82, 2.24) is 10.6 Å². The van der Waals surface area contributed by atoms with E-state index >= 15 is 0 Å². The SMILES string of the molecule is O=C(CC1S/C(=N/N=C2CCCCCC2)NC1=O)NCc1ccccc1. The maximum absolute atomic E-state index is 12.1. The van der Waals surface area contributed by atoms with Gasteiger partial charge in [-0.15, -0.1) is 5.10 Å². The monoisotopic (exact) mass is 372 g/mol. The van der Waals surface area contributed by atoms with Crippen molar-refractivity contribution >= 4 is 34.5 Å². The number of benzene rings is 1. The van der Waals surface area contributed by atoms with Crippen molar-refractivity contribution < 1.29 is 9.59 Å². The van der Waals surface area contributed by atoms with Crippen molar-refractivity contribution in [2.75, 3.05) is 0 Å². The van der Waals surface area contributed by atoms with E-state index in [1.807, 2.05) is 30.3 Å². The summed E-state index contributed by atoms with van der Waals surface area (Å²) in [5.41, 5.74) is 2.14. The number of nitrogens with one attached hydrogen (secondary N) is 2. The van der Waals surface area contributed by atoms with Gasteiger partial charge in [-0.3, -0.25) is 9.59 Å². The van der Waals surface area contributed by atoms with Crippen LogP contribution in [0.4, 0.5) is 0 Å². The summed E-state index contributed by atoms with van der Waals surface area (Å²) in [7, 11) is 0. The van der Waals surface area contributed by atoms with Crippen LogP contribution < -0.4 is 10.6 Å². The normalized spacial score (nSPS) is 22.0. The van der Waals surface area contributed by atoms with E-state index in [-0.39, 0.29) is 18.2 Å². The van der Waals surface area contributed by atoms with E-state index in [1.54, 1.807) is 0 Å². The molecule has 3 rings (SSSR count). The van der Waals surface area contributed by atoms with E-state index < -0.39 is 5.25 Å². The maximum atomic E-state index is 12.1. The molecule has 1 unspecified atom stereocenters. The zero-order valence-corrected chi connectivity index (χ0v) is 15.6. The quantitative estimate of drug-likeness (QED) is 0.616. The minimum atomic E-state index is -0.446. The summed E-state index contributed by atoms with van der Waals surface area (Å²) in [5.74, 6) is -0.317. The van der Waals surface area contributed by atoms with E-state index in [0.717, 1.165) is 37.0 Å². The molecule has 1 saturated heterocycles. The molecule has 1 aliphatic carbocycles. The number of hydrogen-bond donors (Lipinski definition) is 2. The molecule has 0 aromatic heterocycles. The Morgan fingerprint density at radius 1 is 1.12 bits per heavy atom. The number of carbonyl (C=O) groups excluding carboxylic acids is 2. The highest BCUT2D eigenvalue weighted by Gasteiger charge is 2.32. The molecule has 0 bridgehead atoms. The molecular formula is C19H24N4O2S. The van der Waals surface area contributed by atoms with Gasteiger partial charge in [0.25, 0.3) is 0 Å². The molecule has 1 aromatic carbocycles. The number of amidine groups is 1. The second-order valence-electron chi connectivity index (χ2n) is 6.55. The number of amides is 2. The van der Waals surface area contributed by atoms with Crippen molar-refractivity contribution in [1.29, 1.82) is 0 Å². The van der Waals surface area contributed by atoms with Crippen molar-refractivity contribution in [3.05, 3.63) is 35.9 Å². The highest BCUT2D eigenvalue weighted by molar-refractivity contribution is 8.15. The van der Waals surface area contributed by atoms with Gasteiger partial charge in [0.2, 0.25) is 11.8 Å². The van der Waals surface area contributed by atoms with Crippen LogP contribution in [0.25, 0.3) is 0 Å². The third kappa shape index (κ3) is 5.69. The zero-order valence-electron chi connectivity index (χ0n) is 14.7. The van der Waals surface area contributed by atoms with Crippen molar-refractivity contribution in [3.63, 3.8) is 0 Å². The van der Waals surface area contributed by atoms with Crippen LogP contribution in [0.1, 0.15) is 50.5 Å². The van der Waals surface area contributed by atoms with Crippen molar-refractivity contribution in [2.45, 2.75) is 56.7 Å². The fraction of sp³-hybridized carbons (Fsp3) is 0.474. The van der Waals surface area contributed by atoms with Crippen LogP contribution in [0.3, 0.4) is 0 Å². The lowest BCUT2D eigenvalue weighted by molar-refractivity contribution is -0.125. The first kappa shape index (κ1) is 18.6. The molecule has 6 nitrogen and oxygen atoms in total. The lowest BCUT2D eigenvalue weighted by Gasteiger charge is -2.07. The van der Waals surface area contributed by atoms with Gasteiger partial charge in [0.05, 0.1) is 0 Å². The predicted octanol–water partition coefficient (Wildman–Crippen LogP) is 2.99. The summed E-state index contributed by atoms with van der Waals surface area (Å²) in [6.07, 6.45) is 6.93. The van der Waals surface area contributed by atoms with Crippen LogP contribution in [-0.4, -0.2) is 27.9 Å². The molecule has 2 amide bonds. The number of nitrogens with zero attached hydrogens (tertiary/aromatic N) is 2. The van der Waals surface area contributed by atoms with E-state index in [4.69, 9.17) is 0 Å². The van der Waals surface area contributed by atoms with Crippen LogP contribution in [-0.2, 0) is 16.1 Å². The predicted molar refractivity (Wildman–Crippen MR) is 105 cm³/mol. The maximum Gasteiger partial charge on any atom is 0.240 e. The molecule has 2 N–H and O–H groups in total. The Morgan fingerprint density at radius 2 is 1.85 bits per heavy atom.